The molecule has 41 heavy (non-hydrogen) atoms. The standard InChI is InChI=1S/C29H44O12/c1-13-22(34)23(35)24(36)25(40-13)41-15-8-19(32)28(12-30)21-17(3-5-27(28,37)9-15)29(38)6-4-16(14-7-20(33)39-11-14)26(29,2)10-18(21)31/h7,13,15-19,21-25,30-32,34-38H,3-6,8-12H2,1-2H3/t13-,15-,16+,17+,18+,19+,21?,22-,23+,24+,25-,26+,27-,28+,29-/m0/s1. The molecule has 0 aromatic heterocycles. The molecule has 2 aliphatic heterocycles. The Bertz CT molecular complexity index is 1080. The molecule has 0 spiro atoms. The van der Waals surface area contributed by atoms with E-state index in [4.69, 9.17) is 14.2 Å². The number of rotatable bonds is 4. The van der Waals surface area contributed by atoms with Crippen LogP contribution in [0.4, 0.5) is 0 Å². The van der Waals surface area contributed by atoms with Crippen molar-refractivity contribution in [3.05, 3.63) is 11.6 Å². The minimum Gasteiger partial charge on any atom is -0.458 e. The minimum absolute atomic E-state index is 0.0369. The number of hydrogen-bond acceptors (Lipinski definition) is 12. The SMILES string of the molecule is C[C@@H]1O[C@@H](O[C@H]2C[C@@H](O)[C@]3(CO)C4[C@H](O)C[C@]5(C)[C@@H](C6=CC(=O)OC6)CC[C@]5(O)[C@@H]4CC[C@]3(O)C2)[C@H](O)[C@H](O)[C@H]1O. The van der Waals surface area contributed by atoms with Gasteiger partial charge < -0.3 is 55.1 Å². The fraction of sp³-hybridized carbons (Fsp3) is 0.897. The largest absolute Gasteiger partial charge is 0.458 e. The lowest BCUT2D eigenvalue weighted by molar-refractivity contribution is -0.342. The second kappa shape index (κ2) is 9.91. The number of carbonyl (C=O) groups is 1. The Morgan fingerprint density at radius 1 is 1.02 bits per heavy atom. The lowest BCUT2D eigenvalue weighted by Gasteiger charge is -2.68. The van der Waals surface area contributed by atoms with Crippen molar-refractivity contribution in [1.82, 2.24) is 0 Å². The molecular formula is C29H44O12. The van der Waals surface area contributed by atoms with Gasteiger partial charge in [-0.1, -0.05) is 6.92 Å². The first-order valence-electron chi connectivity index (χ1n) is 14.9. The Kier molecular flexibility index (Phi) is 7.22. The summed E-state index contributed by atoms with van der Waals surface area (Å²) in [5.74, 6) is -1.93. The summed E-state index contributed by atoms with van der Waals surface area (Å²) < 4.78 is 16.7. The first kappa shape index (κ1) is 29.9. The van der Waals surface area contributed by atoms with E-state index < -0.39 is 95.5 Å². The number of aliphatic hydroxyl groups excluding tert-OH is 6. The van der Waals surface area contributed by atoms with Crippen LogP contribution >= 0.6 is 0 Å². The number of hydrogen-bond donors (Lipinski definition) is 8. The Morgan fingerprint density at radius 3 is 2.41 bits per heavy atom. The van der Waals surface area contributed by atoms with E-state index in [1.54, 1.807) is 0 Å². The van der Waals surface area contributed by atoms with Crippen LogP contribution in [0.5, 0.6) is 0 Å². The number of ether oxygens (including phenoxy) is 3. The van der Waals surface area contributed by atoms with Crippen molar-refractivity contribution < 1.29 is 59.9 Å². The van der Waals surface area contributed by atoms with Gasteiger partial charge in [-0.3, -0.25) is 0 Å². The summed E-state index contributed by atoms with van der Waals surface area (Å²) >= 11 is 0. The van der Waals surface area contributed by atoms with Gasteiger partial charge in [0.2, 0.25) is 0 Å². The maximum Gasteiger partial charge on any atom is 0.331 e. The average molecular weight is 585 g/mol. The monoisotopic (exact) mass is 584 g/mol. The summed E-state index contributed by atoms with van der Waals surface area (Å²) in [7, 11) is 0. The Labute approximate surface area is 238 Å². The van der Waals surface area contributed by atoms with E-state index >= 15 is 0 Å². The van der Waals surface area contributed by atoms with Crippen LogP contribution < -0.4 is 0 Å². The third-order valence-corrected chi connectivity index (χ3v) is 12.2. The average Bonchev–Trinajstić information content (AvgIpc) is 3.45. The first-order chi connectivity index (χ1) is 19.2. The number of carbonyl (C=O) groups excluding carboxylic acids is 1. The van der Waals surface area contributed by atoms with E-state index in [0.717, 1.165) is 5.57 Å². The Balaban J connectivity index is 1.28. The summed E-state index contributed by atoms with van der Waals surface area (Å²) in [5, 5.41) is 89.6. The van der Waals surface area contributed by atoms with E-state index in [0.29, 0.717) is 19.3 Å². The molecule has 5 fully saturated rings. The molecule has 12 nitrogen and oxygen atoms in total. The van der Waals surface area contributed by atoms with E-state index in [1.165, 1.54) is 13.0 Å². The zero-order chi connectivity index (χ0) is 29.7. The van der Waals surface area contributed by atoms with Crippen LogP contribution in [0.1, 0.15) is 58.8 Å². The molecule has 1 unspecified atom stereocenters. The lowest BCUT2D eigenvalue weighted by Crippen LogP contribution is -2.76. The van der Waals surface area contributed by atoms with Crippen molar-refractivity contribution in [2.24, 2.45) is 28.6 Å². The molecule has 15 atom stereocenters. The van der Waals surface area contributed by atoms with Crippen molar-refractivity contribution in [1.29, 1.82) is 0 Å². The lowest BCUT2D eigenvalue weighted by atomic mass is 9.40. The molecule has 0 bridgehead atoms. The maximum absolute atomic E-state index is 12.4. The zero-order valence-corrected chi connectivity index (χ0v) is 23.5. The minimum atomic E-state index is -1.67. The van der Waals surface area contributed by atoms with Gasteiger partial charge in [0, 0.05) is 30.3 Å². The number of aliphatic hydroxyl groups is 8. The molecule has 0 radical (unpaired) electrons. The highest BCUT2D eigenvalue weighted by molar-refractivity contribution is 5.85. The van der Waals surface area contributed by atoms with E-state index in [-0.39, 0.29) is 38.2 Å². The molecular weight excluding hydrogens is 540 g/mol. The van der Waals surface area contributed by atoms with Gasteiger partial charge in [-0.25, -0.2) is 4.79 Å². The normalized spacial score (nSPS) is 56.9. The summed E-state index contributed by atoms with van der Waals surface area (Å²) in [4.78, 5) is 11.8. The van der Waals surface area contributed by atoms with Crippen LogP contribution in [-0.2, 0) is 19.0 Å². The van der Waals surface area contributed by atoms with E-state index in [9.17, 15) is 45.6 Å². The van der Waals surface area contributed by atoms with Gasteiger partial charge in [0.1, 0.15) is 24.9 Å². The van der Waals surface area contributed by atoms with Gasteiger partial charge >= 0.3 is 5.97 Å². The molecule has 4 saturated carbocycles. The molecule has 1 saturated heterocycles. The number of cyclic esters (lactones) is 1. The van der Waals surface area contributed by atoms with Gasteiger partial charge in [-0.2, -0.15) is 0 Å². The second-order valence-electron chi connectivity index (χ2n) is 13.8. The Morgan fingerprint density at radius 2 is 1.76 bits per heavy atom. The molecule has 6 aliphatic rings. The number of esters is 1. The van der Waals surface area contributed by atoms with Crippen LogP contribution in [0.25, 0.3) is 0 Å². The molecule has 12 heteroatoms. The van der Waals surface area contributed by atoms with E-state index in [2.05, 4.69) is 0 Å². The van der Waals surface area contributed by atoms with Gasteiger partial charge in [-0.05, 0) is 56.4 Å². The van der Waals surface area contributed by atoms with Crippen molar-refractivity contribution >= 4 is 5.97 Å². The maximum atomic E-state index is 12.4. The highest BCUT2D eigenvalue weighted by atomic mass is 16.7. The second-order valence-corrected chi connectivity index (χ2v) is 13.8. The Hall–Kier alpha value is -1.19. The molecule has 2 heterocycles. The van der Waals surface area contributed by atoms with Crippen molar-refractivity contribution in [3.8, 4) is 0 Å². The third-order valence-electron chi connectivity index (χ3n) is 12.2. The highest BCUT2D eigenvalue weighted by Crippen LogP contribution is 2.70. The summed E-state index contributed by atoms with van der Waals surface area (Å²) in [6.45, 7) is 3.00. The van der Waals surface area contributed by atoms with Crippen LogP contribution in [0.3, 0.4) is 0 Å². The molecule has 6 rings (SSSR count). The quantitative estimate of drug-likeness (QED) is 0.140. The fourth-order valence-corrected chi connectivity index (χ4v) is 10.1. The van der Waals surface area contributed by atoms with Crippen LogP contribution in [0, 0.1) is 28.6 Å². The van der Waals surface area contributed by atoms with Crippen LogP contribution in [0.2, 0.25) is 0 Å². The van der Waals surface area contributed by atoms with Gasteiger partial charge in [0.15, 0.2) is 6.29 Å². The summed E-state index contributed by atoms with van der Waals surface area (Å²) in [5.41, 5.74) is -4.46. The van der Waals surface area contributed by atoms with Crippen molar-refractivity contribution in [2.45, 2.75) is 119 Å². The first-order valence-corrected chi connectivity index (χ1v) is 14.9. The zero-order valence-electron chi connectivity index (χ0n) is 23.5. The molecule has 0 aromatic carbocycles. The predicted octanol–water partition coefficient (Wildman–Crippen LogP) is -1.51. The topological polar surface area (TPSA) is 207 Å². The van der Waals surface area contributed by atoms with Crippen LogP contribution in [0.15, 0.2) is 11.6 Å². The number of fused-ring (bicyclic) bond motifs is 5. The summed E-state index contributed by atoms with van der Waals surface area (Å²) in [6, 6.07) is 0. The van der Waals surface area contributed by atoms with Gasteiger partial charge in [0.25, 0.3) is 0 Å². The van der Waals surface area contributed by atoms with Crippen molar-refractivity contribution in [2.75, 3.05) is 13.2 Å². The highest BCUT2D eigenvalue weighted by Gasteiger charge is 2.75. The predicted molar refractivity (Wildman–Crippen MR) is 139 cm³/mol. The molecule has 8 N–H and O–H groups in total. The molecule has 0 aromatic rings. The molecule has 0 amide bonds. The summed E-state index contributed by atoms with van der Waals surface area (Å²) in [6.07, 6.45) is -6.68. The van der Waals surface area contributed by atoms with E-state index in [1.807, 2.05) is 6.92 Å². The molecule has 232 valence electrons. The third kappa shape index (κ3) is 3.99. The smallest absolute Gasteiger partial charge is 0.331 e. The van der Waals surface area contributed by atoms with Gasteiger partial charge in [-0.15, -0.1) is 0 Å². The molecule has 4 aliphatic carbocycles. The van der Waals surface area contributed by atoms with Crippen LogP contribution in [-0.4, -0.2) is 120 Å². The fourth-order valence-electron chi connectivity index (χ4n) is 10.1. The van der Waals surface area contributed by atoms with Gasteiger partial charge in [0.05, 0.1) is 47.6 Å². The van der Waals surface area contributed by atoms with Crippen molar-refractivity contribution in [3.63, 3.8) is 0 Å².